The SMILES string of the molecule is COc1ccc2c(c1Sc1ccccc1)CC(C(=O)O)N(C(=O)C(c1ccccc1)c1ccccc1)C2. The summed E-state index contributed by atoms with van der Waals surface area (Å²) < 4.78 is 5.66. The Kier molecular flexibility index (Phi) is 7.28. The van der Waals surface area contributed by atoms with Crippen LogP contribution in [-0.4, -0.2) is 35.0 Å². The first-order valence-corrected chi connectivity index (χ1v) is 12.9. The van der Waals surface area contributed by atoms with E-state index in [1.165, 1.54) is 4.90 Å². The Morgan fingerprint density at radius 2 is 1.43 bits per heavy atom. The van der Waals surface area contributed by atoms with Gasteiger partial charge < -0.3 is 14.7 Å². The van der Waals surface area contributed by atoms with Gasteiger partial charge in [0, 0.05) is 17.9 Å². The molecule has 1 heterocycles. The summed E-state index contributed by atoms with van der Waals surface area (Å²) in [6, 6.07) is 31.9. The molecule has 1 amide bonds. The molecule has 5 nitrogen and oxygen atoms in total. The van der Waals surface area contributed by atoms with Gasteiger partial charge in [-0.05, 0) is 40.5 Å². The van der Waals surface area contributed by atoms with Crippen molar-refractivity contribution >= 4 is 23.6 Å². The Morgan fingerprint density at radius 1 is 0.865 bits per heavy atom. The largest absolute Gasteiger partial charge is 0.496 e. The summed E-state index contributed by atoms with van der Waals surface area (Å²) in [6.45, 7) is 0.216. The lowest BCUT2D eigenvalue weighted by atomic mass is 9.87. The number of carboxylic acids is 1. The zero-order chi connectivity index (χ0) is 25.8. The van der Waals surface area contributed by atoms with Crippen LogP contribution in [0.2, 0.25) is 0 Å². The van der Waals surface area contributed by atoms with Crippen LogP contribution in [0.1, 0.15) is 28.2 Å². The lowest BCUT2D eigenvalue weighted by molar-refractivity contribution is -0.151. The summed E-state index contributed by atoms with van der Waals surface area (Å²) in [5, 5.41) is 10.3. The molecule has 4 aromatic carbocycles. The van der Waals surface area contributed by atoms with Crippen molar-refractivity contribution in [2.75, 3.05) is 7.11 Å². The van der Waals surface area contributed by atoms with Crippen molar-refractivity contribution in [2.24, 2.45) is 0 Å². The molecule has 0 saturated heterocycles. The van der Waals surface area contributed by atoms with Crippen molar-refractivity contribution in [1.29, 1.82) is 0 Å². The molecule has 0 radical (unpaired) electrons. The fourth-order valence-electron chi connectivity index (χ4n) is 4.88. The molecule has 1 aliphatic rings. The van der Waals surface area contributed by atoms with Gasteiger partial charge in [-0.15, -0.1) is 0 Å². The third kappa shape index (κ3) is 5.11. The number of rotatable bonds is 7. The van der Waals surface area contributed by atoms with E-state index in [1.54, 1.807) is 18.9 Å². The second-order valence-corrected chi connectivity index (χ2v) is 10.0. The highest BCUT2D eigenvalue weighted by molar-refractivity contribution is 7.99. The number of hydrogen-bond donors (Lipinski definition) is 1. The van der Waals surface area contributed by atoms with Gasteiger partial charge >= 0.3 is 5.97 Å². The first-order valence-electron chi connectivity index (χ1n) is 12.1. The molecular weight excluding hydrogens is 482 g/mol. The number of aliphatic carboxylic acids is 1. The molecule has 0 bridgehead atoms. The molecule has 6 heteroatoms. The van der Waals surface area contributed by atoms with Crippen molar-refractivity contribution < 1.29 is 19.4 Å². The third-order valence-electron chi connectivity index (χ3n) is 6.70. The molecule has 1 atom stereocenters. The van der Waals surface area contributed by atoms with E-state index in [0.717, 1.165) is 32.0 Å². The summed E-state index contributed by atoms with van der Waals surface area (Å²) in [5.41, 5.74) is 3.53. The van der Waals surface area contributed by atoms with Gasteiger partial charge in [0.1, 0.15) is 11.8 Å². The van der Waals surface area contributed by atoms with Gasteiger partial charge in [-0.3, -0.25) is 4.79 Å². The van der Waals surface area contributed by atoms with Crippen LogP contribution >= 0.6 is 11.8 Å². The summed E-state index contributed by atoms with van der Waals surface area (Å²) in [4.78, 5) is 30.2. The molecular formula is C31H27NO4S. The number of ether oxygens (including phenoxy) is 1. The number of fused-ring (bicyclic) bond motifs is 1. The number of nitrogens with zero attached hydrogens (tertiary/aromatic N) is 1. The smallest absolute Gasteiger partial charge is 0.326 e. The Bertz CT molecular complexity index is 1350. The maximum atomic E-state index is 14.2. The molecule has 186 valence electrons. The van der Waals surface area contributed by atoms with E-state index in [-0.39, 0.29) is 18.9 Å². The lowest BCUT2D eigenvalue weighted by Gasteiger charge is -2.37. The molecule has 1 N–H and O–H groups in total. The maximum absolute atomic E-state index is 14.2. The first kappa shape index (κ1) is 24.7. The number of carbonyl (C=O) groups excluding carboxylic acids is 1. The standard InChI is InChI=1S/C31H27NO4S/c1-36-27-18-17-23-20-32(26(31(34)35)19-25(23)29(27)37-24-15-9-4-10-16-24)30(33)28(21-11-5-2-6-12-21)22-13-7-3-8-14-22/h2-18,26,28H,19-20H2,1H3,(H,34,35). The zero-order valence-corrected chi connectivity index (χ0v) is 21.2. The quantitative estimate of drug-likeness (QED) is 0.330. The topological polar surface area (TPSA) is 66.8 Å². The number of benzene rings is 4. The van der Waals surface area contributed by atoms with E-state index in [9.17, 15) is 14.7 Å². The molecule has 0 aromatic heterocycles. The summed E-state index contributed by atoms with van der Waals surface area (Å²) in [5.74, 6) is -1.13. The minimum absolute atomic E-state index is 0.207. The van der Waals surface area contributed by atoms with Gasteiger partial charge in [0.15, 0.2) is 0 Å². The van der Waals surface area contributed by atoms with Gasteiger partial charge in [-0.1, -0.05) is 96.7 Å². The summed E-state index contributed by atoms with van der Waals surface area (Å²) >= 11 is 1.56. The second kappa shape index (κ2) is 10.9. The number of amides is 1. The van der Waals surface area contributed by atoms with E-state index in [1.807, 2.05) is 103 Å². The molecule has 0 aliphatic carbocycles. The predicted molar refractivity (Wildman–Crippen MR) is 144 cm³/mol. The van der Waals surface area contributed by atoms with Crippen molar-refractivity contribution in [2.45, 2.75) is 34.7 Å². The van der Waals surface area contributed by atoms with Gasteiger partial charge in [0.05, 0.1) is 17.9 Å². The minimum Gasteiger partial charge on any atom is -0.496 e. The molecule has 0 fully saturated rings. The van der Waals surface area contributed by atoms with E-state index in [4.69, 9.17) is 4.74 Å². The Morgan fingerprint density at radius 3 is 1.97 bits per heavy atom. The van der Waals surface area contributed by atoms with Gasteiger partial charge in [-0.2, -0.15) is 0 Å². The van der Waals surface area contributed by atoms with E-state index < -0.39 is 17.9 Å². The van der Waals surface area contributed by atoms with Gasteiger partial charge in [-0.25, -0.2) is 4.79 Å². The Hall–Kier alpha value is -4.03. The van der Waals surface area contributed by atoms with Crippen LogP contribution in [-0.2, 0) is 22.6 Å². The Balaban J connectivity index is 1.56. The highest BCUT2D eigenvalue weighted by Crippen LogP contribution is 2.42. The van der Waals surface area contributed by atoms with E-state index in [2.05, 4.69) is 0 Å². The van der Waals surface area contributed by atoms with E-state index in [0.29, 0.717) is 5.75 Å². The van der Waals surface area contributed by atoms with Crippen LogP contribution in [0.3, 0.4) is 0 Å². The summed E-state index contributed by atoms with van der Waals surface area (Å²) in [7, 11) is 1.62. The molecule has 37 heavy (non-hydrogen) atoms. The zero-order valence-electron chi connectivity index (χ0n) is 20.4. The van der Waals surface area contributed by atoms with Crippen molar-refractivity contribution in [3.8, 4) is 5.75 Å². The fraction of sp³-hybridized carbons (Fsp3) is 0.161. The van der Waals surface area contributed by atoms with Gasteiger partial charge in [0.2, 0.25) is 5.91 Å². The average Bonchev–Trinajstić information content (AvgIpc) is 2.94. The van der Waals surface area contributed by atoms with Crippen LogP contribution in [0.4, 0.5) is 0 Å². The Labute approximate surface area is 220 Å². The molecule has 0 spiro atoms. The van der Waals surface area contributed by atoms with Crippen LogP contribution < -0.4 is 4.74 Å². The number of carbonyl (C=O) groups is 2. The lowest BCUT2D eigenvalue weighted by Crippen LogP contribution is -2.50. The molecule has 5 rings (SSSR count). The van der Waals surface area contributed by atoms with E-state index >= 15 is 0 Å². The maximum Gasteiger partial charge on any atom is 0.326 e. The monoisotopic (exact) mass is 509 g/mol. The average molecular weight is 510 g/mol. The minimum atomic E-state index is -1.02. The number of hydrogen-bond acceptors (Lipinski definition) is 4. The highest BCUT2D eigenvalue weighted by Gasteiger charge is 2.39. The number of methoxy groups -OCH3 is 1. The first-order chi connectivity index (χ1) is 18.1. The van der Waals surface area contributed by atoms with Crippen LogP contribution in [0.5, 0.6) is 5.75 Å². The molecule has 0 saturated carbocycles. The van der Waals surface area contributed by atoms with Crippen molar-refractivity contribution in [3.05, 3.63) is 125 Å². The van der Waals surface area contributed by atoms with Crippen LogP contribution in [0.25, 0.3) is 0 Å². The molecule has 1 aliphatic heterocycles. The van der Waals surface area contributed by atoms with Crippen molar-refractivity contribution in [3.63, 3.8) is 0 Å². The third-order valence-corrected chi connectivity index (χ3v) is 7.86. The second-order valence-electron chi connectivity index (χ2n) is 8.93. The normalized spacial score (nSPS) is 14.8. The van der Waals surface area contributed by atoms with Crippen molar-refractivity contribution in [1.82, 2.24) is 4.90 Å². The van der Waals surface area contributed by atoms with Crippen LogP contribution in [0, 0.1) is 0 Å². The fourth-order valence-corrected chi connectivity index (χ4v) is 6.00. The molecule has 4 aromatic rings. The van der Waals surface area contributed by atoms with Gasteiger partial charge in [0.25, 0.3) is 0 Å². The molecule has 1 unspecified atom stereocenters. The number of carboxylic acid groups (broad SMARTS) is 1. The van der Waals surface area contributed by atoms with Crippen LogP contribution in [0.15, 0.2) is 113 Å². The highest BCUT2D eigenvalue weighted by atomic mass is 32.2. The predicted octanol–water partition coefficient (Wildman–Crippen LogP) is 6.02. The summed E-state index contributed by atoms with van der Waals surface area (Å²) in [6.07, 6.45) is 0.207.